The summed E-state index contributed by atoms with van der Waals surface area (Å²) in [5, 5.41) is 14.0. The van der Waals surface area contributed by atoms with E-state index in [2.05, 4.69) is 10.3 Å². The first-order valence-electron chi connectivity index (χ1n) is 12.1. The van der Waals surface area contributed by atoms with Gasteiger partial charge >= 0.3 is 0 Å². The molecule has 0 aromatic carbocycles. The lowest BCUT2D eigenvalue weighted by Gasteiger charge is -2.32. The maximum Gasteiger partial charge on any atom is 0.226 e. The first-order chi connectivity index (χ1) is 16.6. The topological polar surface area (TPSA) is 91.2 Å². The zero-order chi connectivity index (χ0) is 23.5. The van der Waals surface area contributed by atoms with E-state index in [1.807, 2.05) is 48.4 Å². The van der Waals surface area contributed by atoms with Gasteiger partial charge in [-0.05, 0) is 75.3 Å². The Balaban J connectivity index is 1.21. The van der Waals surface area contributed by atoms with Crippen LogP contribution in [0, 0.1) is 12.8 Å². The number of hydrogen-bond donors (Lipinski definition) is 2. The van der Waals surface area contributed by atoms with Crippen molar-refractivity contribution in [2.24, 2.45) is 5.92 Å². The Bertz CT molecular complexity index is 1140. The summed E-state index contributed by atoms with van der Waals surface area (Å²) in [5.74, 6) is 2.26. The minimum atomic E-state index is 0.0196. The molecular formula is C26H31N5O2S. The van der Waals surface area contributed by atoms with Crippen molar-refractivity contribution in [3.63, 3.8) is 0 Å². The second-order valence-electron chi connectivity index (χ2n) is 9.37. The minimum absolute atomic E-state index is 0.0196. The zero-order valence-corrected chi connectivity index (χ0v) is 20.3. The molecule has 5 rings (SSSR count). The summed E-state index contributed by atoms with van der Waals surface area (Å²) in [4.78, 5) is 29.8. The van der Waals surface area contributed by atoms with Gasteiger partial charge < -0.3 is 15.3 Å². The predicted octanol–water partition coefficient (Wildman–Crippen LogP) is 4.91. The average Bonchev–Trinajstić information content (AvgIpc) is 3.54. The number of carbonyl (C=O) groups is 1. The van der Waals surface area contributed by atoms with Crippen LogP contribution >= 0.6 is 11.3 Å². The quantitative estimate of drug-likeness (QED) is 0.524. The van der Waals surface area contributed by atoms with Crippen molar-refractivity contribution in [3.8, 4) is 10.6 Å². The number of hydrogen-bond acceptors (Lipinski definition) is 7. The van der Waals surface area contributed by atoms with Crippen molar-refractivity contribution in [1.82, 2.24) is 19.9 Å². The molecule has 7 nitrogen and oxygen atoms in total. The molecule has 2 aliphatic rings. The third kappa shape index (κ3) is 4.98. The van der Waals surface area contributed by atoms with Gasteiger partial charge in [-0.1, -0.05) is 6.07 Å². The molecule has 0 bridgehead atoms. The average molecular weight is 478 g/mol. The number of thiazole rings is 1. The summed E-state index contributed by atoms with van der Waals surface area (Å²) >= 11 is 1.70. The number of aliphatic hydroxyl groups is 1. The Labute approximate surface area is 204 Å². The van der Waals surface area contributed by atoms with E-state index in [0.29, 0.717) is 5.92 Å². The highest BCUT2D eigenvalue weighted by molar-refractivity contribution is 7.15. The van der Waals surface area contributed by atoms with E-state index in [-0.39, 0.29) is 24.5 Å². The third-order valence-corrected chi connectivity index (χ3v) is 8.18. The van der Waals surface area contributed by atoms with E-state index in [4.69, 9.17) is 9.97 Å². The Morgan fingerprint density at radius 3 is 2.79 bits per heavy atom. The van der Waals surface area contributed by atoms with Gasteiger partial charge in [0, 0.05) is 30.8 Å². The highest BCUT2D eigenvalue weighted by atomic mass is 32.1. The first kappa shape index (κ1) is 22.9. The first-order valence-corrected chi connectivity index (χ1v) is 13.0. The number of aliphatic hydroxyl groups excluding tert-OH is 1. The lowest BCUT2D eigenvalue weighted by molar-refractivity contribution is -0.138. The number of anilines is 2. The fourth-order valence-corrected chi connectivity index (χ4v) is 6.17. The number of likely N-dealkylation sites (tertiary alicyclic amines) is 1. The van der Waals surface area contributed by atoms with Gasteiger partial charge in [0.2, 0.25) is 5.91 Å². The van der Waals surface area contributed by atoms with Crippen molar-refractivity contribution < 1.29 is 9.90 Å². The van der Waals surface area contributed by atoms with Crippen molar-refractivity contribution in [2.45, 2.75) is 57.4 Å². The molecule has 8 heteroatoms. The number of nitrogens with zero attached hydrogens (tertiary/aromatic N) is 4. The van der Waals surface area contributed by atoms with Crippen molar-refractivity contribution in [2.75, 3.05) is 18.5 Å². The summed E-state index contributed by atoms with van der Waals surface area (Å²) in [6.07, 6.45) is 9.39. The lowest BCUT2D eigenvalue weighted by Crippen LogP contribution is -2.42. The van der Waals surface area contributed by atoms with Crippen LogP contribution in [0.2, 0.25) is 0 Å². The van der Waals surface area contributed by atoms with Crippen LogP contribution in [-0.4, -0.2) is 50.1 Å². The van der Waals surface area contributed by atoms with Gasteiger partial charge in [-0.2, -0.15) is 0 Å². The monoisotopic (exact) mass is 477 g/mol. The van der Waals surface area contributed by atoms with Crippen LogP contribution in [0.15, 0.2) is 42.7 Å². The van der Waals surface area contributed by atoms with Gasteiger partial charge in [-0.3, -0.25) is 4.79 Å². The Kier molecular flexibility index (Phi) is 6.87. The number of aryl methyl sites for hydroxylation is 1. The largest absolute Gasteiger partial charge is 0.394 e. The van der Waals surface area contributed by atoms with E-state index in [1.54, 1.807) is 17.5 Å². The van der Waals surface area contributed by atoms with Gasteiger partial charge in [-0.15, -0.1) is 11.3 Å². The summed E-state index contributed by atoms with van der Waals surface area (Å²) in [5.41, 5.74) is 2.04. The second-order valence-corrected chi connectivity index (χ2v) is 10.4. The Hall–Kier alpha value is -2.84. The van der Waals surface area contributed by atoms with E-state index in [1.165, 1.54) is 0 Å². The Morgan fingerprint density at radius 2 is 2.00 bits per heavy atom. The molecule has 1 atom stereocenters. The van der Waals surface area contributed by atoms with Crippen LogP contribution in [0.25, 0.3) is 10.6 Å². The second kappa shape index (κ2) is 10.2. The van der Waals surface area contributed by atoms with Gasteiger partial charge in [0.1, 0.15) is 11.6 Å². The normalized spacial score (nSPS) is 22.6. The third-order valence-electron chi connectivity index (χ3n) is 6.99. The molecule has 1 saturated heterocycles. The number of amides is 1. The van der Waals surface area contributed by atoms with Gasteiger partial charge in [-0.25, -0.2) is 15.0 Å². The molecule has 1 aliphatic carbocycles. The highest BCUT2D eigenvalue weighted by Crippen LogP contribution is 2.40. The molecule has 3 aromatic heterocycles. The standard InChI is InChI=1S/C26H31N5O2S/c1-17-11-12-27-24(14-17)30-23-6-2-5-21(29-23)22-15-28-25(34-22)18-7-9-19(10-8-18)26(33)31-13-3-4-20(31)16-32/h2,5-6,11-12,14-15,18-20,32H,3-4,7-10,13,16H2,1H3,(H,27,29,30)/t18?,19?,20-/m0/s1. The van der Waals surface area contributed by atoms with E-state index in [9.17, 15) is 9.90 Å². The van der Waals surface area contributed by atoms with Crippen molar-refractivity contribution in [1.29, 1.82) is 0 Å². The molecule has 1 amide bonds. The van der Waals surface area contributed by atoms with E-state index in [0.717, 1.165) is 77.8 Å². The van der Waals surface area contributed by atoms with Crippen LogP contribution in [0.3, 0.4) is 0 Å². The fourth-order valence-electron chi connectivity index (χ4n) is 5.11. The van der Waals surface area contributed by atoms with Gasteiger partial charge in [0.15, 0.2) is 0 Å². The van der Waals surface area contributed by atoms with E-state index >= 15 is 0 Å². The molecular weight excluding hydrogens is 446 g/mol. The van der Waals surface area contributed by atoms with Gasteiger partial charge in [0.25, 0.3) is 0 Å². The zero-order valence-electron chi connectivity index (χ0n) is 19.5. The van der Waals surface area contributed by atoms with E-state index < -0.39 is 0 Å². The predicted molar refractivity (Wildman–Crippen MR) is 134 cm³/mol. The summed E-state index contributed by atoms with van der Waals surface area (Å²) < 4.78 is 0. The lowest BCUT2D eigenvalue weighted by atomic mass is 9.81. The number of nitrogens with one attached hydrogen (secondary N) is 1. The number of aromatic nitrogens is 3. The number of pyridine rings is 2. The van der Waals surface area contributed by atoms with Crippen molar-refractivity contribution >= 4 is 28.9 Å². The molecule has 0 spiro atoms. The Morgan fingerprint density at radius 1 is 1.15 bits per heavy atom. The molecule has 0 radical (unpaired) electrons. The molecule has 4 heterocycles. The molecule has 1 aliphatic heterocycles. The summed E-state index contributed by atoms with van der Waals surface area (Å²) in [6, 6.07) is 9.93. The highest BCUT2D eigenvalue weighted by Gasteiger charge is 2.35. The molecule has 1 saturated carbocycles. The van der Waals surface area contributed by atoms with Crippen LogP contribution in [-0.2, 0) is 4.79 Å². The molecule has 34 heavy (non-hydrogen) atoms. The fraction of sp³-hybridized carbons (Fsp3) is 0.462. The number of carbonyl (C=O) groups excluding carboxylic acids is 1. The maximum atomic E-state index is 13.0. The molecule has 178 valence electrons. The summed E-state index contributed by atoms with van der Waals surface area (Å²) in [7, 11) is 0. The SMILES string of the molecule is Cc1ccnc(Nc2cccc(-c3cnc(C4CCC(C(=O)N5CCC[C@H]5CO)CC4)s3)n2)c1. The molecule has 0 unspecified atom stereocenters. The van der Waals surface area contributed by atoms with Gasteiger partial charge in [0.05, 0.1) is 28.2 Å². The smallest absolute Gasteiger partial charge is 0.226 e. The van der Waals surface area contributed by atoms with Crippen molar-refractivity contribution in [3.05, 3.63) is 53.3 Å². The maximum absolute atomic E-state index is 13.0. The molecule has 2 N–H and O–H groups in total. The number of rotatable bonds is 6. The van der Waals surface area contributed by atoms with Crippen LogP contribution < -0.4 is 5.32 Å². The van der Waals surface area contributed by atoms with Crippen LogP contribution in [0.4, 0.5) is 11.6 Å². The van der Waals surface area contributed by atoms with Crippen LogP contribution in [0.5, 0.6) is 0 Å². The summed E-state index contributed by atoms with van der Waals surface area (Å²) in [6.45, 7) is 2.91. The minimum Gasteiger partial charge on any atom is -0.394 e. The van der Waals surface area contributed by atoms with Crippen LogP contribution in [0.1, 0.15) is 55.0 Å². The molecule has 3 aromatic rings. The molecule has 2 fully saturated rings.